The molecule has 30 heavy (non-hydrogen) atoms. The molecule has 0 aromatic carbocycles. The summed E-state index contributed by atoms with van der Waals surface area (Å²) in [5.74, 6) is 0. The van der Waals surface area contributed by atoms with Gasteiger partial charge in [-0.05, 0) is 6.92 Å². The molecule has 0 aliphatic rings. The summed E-state index contributed by atoms with van der Waals surface area (Å²) < 4.78 is 59.4. The van der Waals surface area contributed by atoms with E-state index < -0.39 is 6.67 Å². The lowest BCUT2D eigenvalue weighted by Crippen LogP contribution is -2.15. The van der Waals surface area contributed by atoms with Gasteiger partial charge in [-0.1, -0.05) is 0 Å². The summed E-state index contributed by atoms with van der Waals surface area (Å²) >= 11 is 0. The molecular weight excluding hydrogens is 403 g/mol. The SMILES string of the molecule is CCOCCOCCOCCOCCOCCOCCOCCOCCOCCF. The van der Waals surface area contributed by atoms with Crippen molar-refractivity contribution >= 4 is 0 Å². The molecule has 0 rings (SSSR count). The van der Waals surface area contributed by atoms with Crippen LogP contribution in [0.3, 0.4) is 0 Å². The number of alkyl halides is 1. The van der Waals surface area contributed by atoms with E-state index in [0.717, 1.165) is 0 Å². The van der Waals surface area contributed by atoms with E-state index in [-0.39, 0.29) is 6.61 Å². The smallest absolute Gasteiger partial charge is 0.113 e. The predicted octanol–water partition coefficient (Wildman–Crippen LogP) is 1.13. The molecule has 182 valence electrons. The Labute approximate surface area is 180 Å². The zero-order valence-electron chi connectivity index (χ0n) is 18.5. The maximum atomic E-state index is 11.8. The van der Waals surface area contributed by atoms with Gasteiger partial charge in [0.15, 0.2) is 0 Å². The van der Waals surface area contributed by atoms with Crippen molar-refractivity contribution in [1.82, 2.24) is 0 Å². The normalized spacial score (nSPS) is 11.4. The van der Waals surface area contributed by atoms with Gasteiger partial charge in [-0.3, -0.25) is 0 Å². The topological polar surface area (TPSA) is 83.1 Å². The van der Waals surface area contributed by atoms with Gasteiger partial charge in [-0.25, -0.2) is 4.39 Å². The third kappa shape index (κ3) is 27.6. The number of halogens is 1. The van der Waals surface area contributed by atoms with Crippen LogP contribution in [0.15, 0.2) is 0 Å². The van der Waals surface area contributed by atoms with Gasteiger partial charge in [0.25, 0.3) is 0 Å². The number of hydrogen-bond donors (Lipinski definition) is 0. The fraction of sp³-hybridized carbons (Fsp3) is 1.00. The standard InChI is InChI=1S/C20H41FO9/c1-2-22-5-6-24-9-10-26-13-14-28-17-18-30-20-19-29-16-15-27-12-11-25-8-7-23-4-3-21/h2-20H2,1H3. The van der Waals surface area contributed by atoms with Crippen LogP contribution in [0, 0.1) is 0 Å². The summed E-state index contributed by atoms with van der Waals surface area (Å²) in [6, 6.07) is 0. The molecule has 0 fully saturated rings. The molecule has 0 bridgehead atoms. The Morgan fingerprint density at radius 3 is 0.733 bits per heavy atom. The highest BCUT2D eigenvalue weighted by molar-refractivity contribution is 4.38. The molecule has 9 nitrogen and oxygen atoms in total. The Bertz CT molecular complexity index is 273. The van der Waals surface area contributed by atoms with Crippen LogP contribution in [0.4, 0.5) is 4.39 Å². The van der Waals surface area contributed by atoms with Crippen LogP contribution < -0.4 is 0 Å². The van der Waals surface area contributed by atoms with Gasteiger partial charge in [0, 0.05) is 6.61 Å². The molecule has 0 spiro atoms. The minimum Gasteiger partial charge on any atom is -0.379 e. The van der Waals surface area contributed by atoms with Crippen LogP contribution in [0.1, 0.15) is 6.92 Å². The Hall–Kier alpha value is -0.430. The first kappa shape index (κ1) is 29.6. The second-order valence-electron chi connectivity index (χ2n) is 5.78. The molecule has 0 unspecified atom stereocenters. The van der Waals surface area contributed by atoms with Crippen LogP contribution in [-0.2, 0) is 42.6 Å². The summed E-state index contributed by atoms with van der Waals surface area (Å²) in [7, 11) is 0. The van der Waals surface area contributed by atoms with E-state index in [1.807, 2.05) is 6.92 Å². The number of ether oxygens (including phenoxy) is 9. The predicted molar refractivity (Wildman–Crippen MR) is 109 cm³/mol. The molecule has 0 saturated carbocycles. The van der Waals surface area contributed by atoms with Gasteiger partial charge in [0.2, 0.25) is 0 Å². The Balaban J connectivity index is 2.97. The van der Waals surface area contributed by atoms with Crippen LogP contribution >= 0.6 is 0 Å². The fourth-order valence-corrected chi connectivity index (χ4v) is 1.96. The third-order valence-electron chi connectivity index (χ3n) is 3.40. The summed E-state index contributed by atoms with van der Waals surface area (Å²) in [4.78, 5) is 0. The van der Waals surface area contributed by atoms with Gasteiger partial charge >= 0.3 is 0 Å². The Kier molecular flexibility index (Phi) is 28.2. The Morgan fingerprint density at radius 1 is 0.333 bits per heavy atom. The molecular formula is C20H41FO9. The summed E-state index contributed by atoms with van der Waals surface area (Å²) in [5, 5.41) is 0. The van der Waals surface area contributed by atoms with E-state index in [9.17, 15) is 4.39 Å². The lowest BCUT2D eigenvalue weighted by Gasteiger charge is -2.08. The van der Waals surface area contributed by atoms with Crippen molar-refractivity contribution in [3.05, 3.63) is 0 Å². The van der Waals surface area contributed by atoms with Crippen molar-refractivity contribution < 1.29 is 47.0 Å². The zero-order valence-corrected chi connectivity index (χ0v) is 18.5. The molecule has 0 aliphatic carbocycles. The summed E-state index contributed by atoms with van der Waals surface area (Å²) in [5.41, 5.74) is 0. The van der Waals surface area contributed by atoms with E-state index in [1.165, 1.54) is 0 Å². The average Bonchev–Trinajstić information content (AvgIpc) is 2.76. The highest BCUT2D eigenvalue weighted by Gasteiger charge is 1.95. The largest absolute Gasteiger partial charge is 0.379 e. The molecule has 0 saturated heterocycles. The second-order valence-corrected chi connectivity index (χ2v) is 5.78. The zero-order chi connectivity index (χ0) is 21.8. The minimum absolute atomic E-state index is 0.120. The van der Waals surface area contributed by atoms with Crippen molar-refractivity contribution in [3.63, 3.8) is 0 Å². The van der Waals surface area contributed by atoms with Crippen molar-refractivity contribution in [2.24, 2.45) is 0 Å². The molecule has 0 aromatic rings. The third-order valence-corrected chi connectivity index (χ3v) is 3.40. The maximum absolute atomic E-state index is 11.8. The average molecular weight is 445 g/mol. The van der Waals surface area contributed by atoms with E-state index in [4.69, 9.17) is 42.6 Å². The first-order valence-electron chi connectivity index (χ1n) is 10.7. The molecule has 10 heteroatoms. The van der Waals surface area contributed by atoms with Crippen LogP contribution in [-0.4, -0.2) is 126 Å². The molecule has 0 amide bonds. The lowest BCUT2D eigenvalue weighted by molar-refractivity contribution is -0.0249. The minimum atomic E-state index is -0.468. The number of hydrogen-bond acceptors (Lipinski definition) is 9. The summed E-state index contributed by atoms with van der Waals surface area (Å²) in [6.07, 6.45) is 0. The highest BCUT2D eigenvalue weighted by Crippen LogP contribution is 1.86. The van der Waals surface area contributed by atoms with E-state index in [1.54, 1.807) is 0 Å². The maximum Gasteiger partial charge on any atom is 0.113 e. The van der Waals surface area contributed by atoms with Crippen molar-refractivity contribution in [2.75, 3.05) is 126 Å². The molecule has 0 radical (unpaired) electrons. The van der Waals surface area contributed by atoms with Gasteiger partial charge in [0.05, 0.1) is 112 Å². The molecule has 0 aliphatic heterocycles. The first-order valence-corrected chi connectivity index (χ1v) is 10.7. The molecule has 0 heterocycles. The van der Waals surface area contributed by atoms with Crippen LogP contribution in [0.2, 0.25) is 0 Å². The lowest BCUT2D eigenvalue weighted by atomic mass is 10.6. The molecule has 0 N–H and O–H groups in total. The molecule has 0 aromatic heterocycles. The van der Waals surface area contributed by atoms with E-state index in [0.29, 0.717) is 112 Å². The van der Waals surface area contributed by atoms with Crippen LogP contribution in [0.25, 0.3) is 0 Å². The van der Waals surface area contributed by atoms with E-state index in [2.05, 4.69) is 0 Å². The number of rotatable bonds is 27. The second kappa shape index (κ2) is 28.6. The van der Waals surface area contributed by atoms with E-state index >= 15 is 0 Å². The monoisotopic (exact) mass is 444 g/mol. The quantitative estimate of drug-likeness (QED) is 0.173. The first-order chi connectivity index (χ1) is 14.9. The Morgan fingerprint density at radius 2 is 0.533 bits per heavy atom. The van der Waals surface area contributed by atoms with Gasteiger partial charge in [-0.15, -0.1) is 0 Å². The highest BCUT2D eigenvalue weighted by atomic mass is 19.1. The van der Waals surface area contributed by atoms with Crippen LogP contribution in [0.5, 0.6) is 0 Å². The van der Waals surface area contributed by atoms with Gasteiger partial charge < -0.3 is 42.6 Å². The van der Waals surface area contributed by atoms with Crippen molar-refractivity contribution in [1.29, 1.82) is 0 Å². The van der Waals surface area contributed by atoms with Crippen molar-refractivity contribution in [3.8, 4) is 0 Å². The van der Waals surface area contributed by atoms with Crippen molar-refractivity contribution in [2.45, 2.75) is 6.92 Å². The molecule has 0 atom stereocenters. The van der Waals surface area contributed by atoms with Gasteiger partial charge in [0.1, 0.15) is 6.67 Å². The fourth-order valence-electron chi connectivity index (χ4n) is 1.96. The van der Waals surface area contributed by atoms with Gasteiger partial charge in [-0.2, -0.15) is 0 Å². The summed E-state index contributed by atoms with van der Waals surface area (Å²) in [6.45, 7) is 10.6.